The highest BCUT2D eigenvalue weighted by molar-refractivity contribution is 5.70. The molecule has 0 saturated heterocycles. The summed E-state index contributed by atoms with van der Waals surface area (Å²) in [4.78, 5) is 23.8. The maximum absolute atomic E-state index is 12.0. The third-order valence-electron chi connectivity index (χ3n) is 6.08. The van der Waals surface area contributed by atoms with Gasteiger partial charge in [0.15, 0.2) is 6.10 Å². The Balaban J connectivity index is 3.60. The van der Waals surface area contributed by atoms with Crippen molar-refractivity contribution in [2.75, 3.05) is 13.2 Å². The Labute approximate surface area is 204 Å². The second kappa shape index (κ2) is 24.0. The molecule has 1 N–H and O–H groups in total. The van der Waals surface area contributed by atoms with Gasteiger partial charge in [-0.2, -0.15) is 0 Å². The van der Waals surface area contributed by atoms with E-state index in [1.807, 2.05) is 0 Å². The van der Waals surface area contributed by atoms with Crippen molar-refractivity contribution in [1.29, 1.82) is 0 Å². The Kier molecular flexibility index (Phi) is 23.2. The Morgan fingerprint density at radius 1 is 0.667 bits per heavy atom. The van der Waals surface area contributed by atoms with E-state index in [-0.39, 0.29) is 25.2 Å². The number of aliphatic hydroxyl groups is 1. The molecule has 0 unspecified atom stereocenters. The molecule has 0 rings (SSSR count). The van der Waals surface area contributed by atoms with Gasteiger partial charge in [0.05, 0.1) is 6.61 Å². The van der Waals surface area contributed by atoms with Crippen molar-refractivity contribution in [3.05, 3.63) is 0 Å². The fourth-order valence-corrected chi connectivity index (χ4v) is 3.91. The smallest absolute Gasteiger partial charge is 0.306 e. The molecule has 0 aliphatic rings. The molecule has 0 heterocycles. The van der Waals surface area contributed by atoms with Gasteiger partial charge in [-0.3, -0.25) is 9.59 Å². The van der Waals surface area contributed by atoms with Crippen LogP contribution in [0.2, 0.25) is 0 Å². The van der Waals surface area contributed by atoms with E-state index in [1.165, 1.54) is 70.6 Å². The highest BCUT2D eigenvalue weighted by Gasteiger charge is 2.16. The van der Waals surface area contributed by atoms with E-state index in [1.54, 1.807) is 0 Å². The fourth-order valence-electron chi connectivity index (χ4n) is 3.91. The molecule has 0 aromatic carbocycles. The van der Waals surface area contributed by atoms with E-state index in [0.717, 1.165) is 44.4 Å². The Morgan fingerprint density at radius 3 is 1.61 bits per heavy atom. The molecule has 0 aromatic heterocycles. The average Bonchev–Trinajstić information content (AvgIpc) is 2.79. The monoisotopic (exact) mass is 470 g/mol. The van der Waals surface area contributed by atoms with Crippen molar-refractivity contribution in [3.63, 3.8) is 0 Å². The summed E-state index contributed by atoms with van der Waals surface area (Å²) >= 11 is 0. The number of aliphatic hydroxyl groups excluding tert-OH is 1. The summed E-state index contributed by atoms with van der Waals surface area (Å²) in [5, 5.41) is 9.41. The molecule has 1 atom stereocenters. The lowest BCUT2D eigenvalue weighted by molar-refractivity contribution is -0.161. The van der Waals surface area contributed by atoms with Crippen molar-refractivity contribution < 1.29 is 24.2 Å². The van der Waals surface area contributed by atoms with E-state index in [2.05, 4.69) is 20.8 Å². The minimum Gasteiger partial charge on any atom is -0.462 e. The first-order chi connectivity index (χ1) is 16.0. The van der Waals surface area contributed by atoms with Crippen molar-refractivity contribution in [3.8, 4) is 0 Å². The predicted octanol–water partition coefficient (Wildman–Crippen LogP) is 7.52. The van der Waals surface area contributed by atoms with Crippen LogP contribution in [0, 0.1) is 5.92 Å². The van der Waals surface area contributed by atoms with Gasteiger partial charge in [-0.05, 0) is 18.8 Å². The number of carbonyl (C=O) groups excluding carboxylic acids is 2. The molecule has 0 aliphatic heterocycles. The lowest BCUT2D eigenvalue weighted by Gasteiger charge is -2.15. The number of hydrogen-bond acceptors (Lipinski definition) is 5. The number of carbonyl (C=O) groups is 2. The first-order valence-electron chi connectivity index (χ1n) is 14.0. The van der Waals surface area contributed by atoms with E-state index in [0.29, 0.717) is 12.8 Å². The van der Waals surface area contributed by atoms with Crippen LogP contribution in [0.25, 0.3) is 0 Å². The molecule has 0 aromatic rings. The fraction of sp³-hybridized carbons (Fsp3) is 0.929. The summed E-state index contributed by atoms with van der Waals surface area (Å²) < 4.78 is 10.4. The SMILES string of the molecule is CCCCCCCCCC(=O)OC[C@H](CO)OC(=O)CCCCCCCCCCCC(C)C. The van der Waals surface area contributed by atoms with Gasteiger partial charge in [-0.1, -0.05) is 117 Å². The lowest BCUT2D eigenvalue weighted by atomic mass is 10.0. The molecule has 0 bridgehead atoms. The average molecular weight is 471 g/mol. The van der Waals surface area contributed by atoms with Crippen LogP contribution >= 0.6 is 0 Å². The van der Waals surface area contributed by atoms with Crippen molar-refractivity contribution in [2.24, 2.45) is 5.92 Å². The molecule has 0 saturated carbocycles. The van der Waals surface area contributed by atoms with Crippen LogP contribution < -0.4 is 0 Å². The van der Waals surface area contributed by atoms with Gasteiger partial charge in [-0.15, -0.1) is 0 Å². The molecule has 5 heteroatoms. The second-order valence-corrected chi connectivity index (χ2v) is 9.96. The number of hydrogen-bond donors (Lipinski definition) is 1. The molecule has 0 aliphatic carbocycles. The minimum atomic E-state index is -0.758. The van der Waals surface area contributed by atoms with Gasteiger partial charge in [0.2, 0.25) is 0 Å². The maximum atomic E-state index is 12.0. The number of ether oxygens (including phenoxy) is 2. The Hall–Kier alpha value is -1.10. The van der Waals surface area contributed by atoms with Gasteiger partial charge in [-0.25, -0.2) is 0 Å². The van der Waals surface area contributed by atoms with Crippen LogP contribution in [-0.2, 0) is 19.1 Å². The number of esters is 2. The zero-order valence-electron chi connectivity index (χ0n) is 22.1. The first-order valence-corrected chi connectivity index (χ1v) is 14.0. The van der Waals surface area contributed by atoms with Gasteiger partial charge in [0, 0.05) is 12.8 Å². The third-order valence-corrected chi connectivity index (χ3v) is 6.08. The normalized spacial score (nSPS) is 12.2. The Morgan fingerprint density at radius 2 is 1.12 bits per heavy atom. The van der Waals surface area contributed by atoms with Crippen LogP contribution in [-0.4, -0.2) is 36.4 Å². The van der Waals surface area contributed by atoms with Crippen LogP contribution in [0.1, 0.15) is 143 Å². The zero-order chi connectivity index (χ0) is 24.6. The number of rotatable bonds is 24. The van der Waals surface area contributed by atoms with Crippen LogP contribution in [0.5, 0.6) is 0 Å². The van der Waals surface area contributed by atoms with Crippen molar-refractivity contribution >= 4 is 11.9 Å². The highest BCUT2D eigenvalue weighted by atomic mass is 16.6. The molecular formula is C28H54O5. The molecule has 33 heavy (non-hydrogen) atoms. The predicted molar refractivity (Wildman–Crippen MR) is 136 cm³/mol. The largest absolute Gasteiger partial charge is 0.462 e. The van der Waals surface area contributed by atoms with E-state index in [9.17, 15) is 14.7 Å². The molecular weight excluding hydrogens is 416 g/mol. The second-order valence-electron chi connectivity index (χ2n) is 9.96. The Bertz CT molecular complexity index is 450. The van der Waals surface area contributed by atoms with Crippen molar-refractivity contribution in [1.82, 2.24) is 0 Å². The van der Waals surface area contributed by atoms with Gasteiger partial charge in [0.25, 0.3) is 0 Å². The van der Waals surface area contributed by atoms with Crippen LogP contribution in [0.15, 0.2) is 0 Å². The molecule has 0 radical (unpaired) electrons. The standard InChI is InChI=1S/C28H54O5/c1-4-5-6-7-11-15-18-21-27(30)32-24-26(23-29)33-28(31)22-19-16-13-10-8-9-12-14-17-20-25(2)3/h25-26,29H,4-24H2,1-3H3/t26-/m0/s1. The number of unbranched alkanes of at least 4 members (excludes halogenated alkanes) is 14. The van der Waals surface area contributed by atoms with E-state index in [4.69, 9.17) is 9.47 Å². The van der Waals surface area contributed by atoms with Crippen LogP contribution in [0.3, 0.4) is 0 Å². The maximum Gasteiger partial charge on any atom is 0.306 e. The summed E-state index contributed by atoms with van der Waals surface area (Å²) in [5.41, 5.74) is 0. The zero-order valence-corrected chi connectivity index (χ0v) is 22.1. The van der Waals surface area contributed by atoms with Crippen LogP contribution in [0.4, 0.5) is 0 Å². The minimum absolute atomic E-state index is 0.0608. The quantitative estimate of drug-likeness (QED) is 0.117. The summed E-state index contributed by atoms with van der Waals surface area (Å²) in [6.45, 7) is 6.38. The summed E-state index contributed by atoms with van der Waals surface area (Å²) in [7, 11) is 0. The van der Waals surface area contributed by atoms with Gasteiger partial charge < -0.3 is 14.6 Å². The van der Waals surface area contributed by atoms with Crippen molar-refractivity contribution in [2.45, 2.75) is 149 Å². The van der Waals surface area contributed by atoms with E-state index < -0.39 is 6.10 Å². The molecule has 196 valence electrons. The highest BCUT2D eigenvalue weighted by Crippen LogP contribution is 2.14. The third kappa shape index (κ3) is 23.8. The van der Waals surface area contributed by atoms with Gasteiger partial charge >= 0.3 is 11.9 Å². The summed E-state index contributed by atoms with van der Waals surface area (Å²) in [6.07, 6.45) is 20.2. The molecule has 0 fully saturated rings. The molecule has 0 amide bonds. The first kappa shape index (κ1) is 31.9. The van der Waals surface area contributed by atoms with E-state index >= 15 is 0 Å². The topological polar surface area (TPSA) is 72.8 Å². The molecule has 5 nitrogen and oxygen atoms in total. The lowest BCUT2D eigenvalue weighted by Crippen LogP contribution is -2.28. The summed E-state index contributed by atoms with van der Waals surface area (Å²) in [5.74, 6) is 0.222. The summed E-state index contributed by atoms with van der Waals surface area (Å²) in [6, 6.07) is 0. The van der Waals surface area contributed by atoms with Gasteiger partial charge in [0.1, 0.15) is 6.61 Å². The molecule has 0 spiro atoms.